The Hall–Kier alpha value is -1.53. The highest BCUT2D eigenvalue weighted by molar-refractivity contribution is 5.35. The summed E-state index contributed by atoms with van der Waals surface area (Å²) in [6.07, 6.45) is 0.547. The highest BCUT2D eigenvalue weighted by atomic mass is 19.1. The molecule has 5 nitrogen and oxygen atoms in total. The second-order valence-corrected chi connectivity index (χ2v) is 4.21. The monoisotopic (exact) mass is 240 g/mol. The minimum Gasteiger partial charge on any atom is -0.375 e. The van der Waals surface area contributed by atoms with Crippen molar-refractivity contribution >= 4 is 5.69 Å². The van der Waals surface area contributed by atoms with E-state index in [0.29, 0.717) is 25.1 Å². The summed E-state index contributed by atoms with van der Waals surface area (Å²) in [5.74, 6) is -0.800. The van der Waals surface area contributed by atoms with E-state index in [-0.39, 0.29) is 5.60 Å². The molecule has 1 saturated heterocycles. The van der Waals surface area contributed by atoms with Crippen molar-refractivity contribution in [2.24, 2.45) is 0 Å². The molecule has 1 aliphatic rings. The lowest BCUT2D eigenvalue weighted by molar-refractivity contribution is -0.387. The molecule has 0 aliphatic carbocycles. The van der Waals surface area contributed by atoms with Crippen LogP contribution in [-0.2, 0) is 11.2 Å². The van der Waals surface area contributed by atoms with Crippen LogP contribution in [0.3, 0.4) is 0 Å². The predicted octanol–water partition coefficient (Wildman–Crippen LogP) is 1.26. The average Bonchev–Trinajstić information content (AvgIpc) is 2.23. The van der Waals surface area contributed by atoms with E-state index < -0.39 is 16.4 Å². The molecule has 2 rings (SSSR count). The zero-order chi connectivity index (χ0) is 12.5. The summed E-state index contributed by atoms with van der Waals surface area (Å²) in [5.41, 5.74) is -0.0915. The number of halogens is 1. The number of benzene rings is 1. The van der Waals surface area contributed by atoms with E-state index in [4.69, 9.17) is 4.74 Å². The maximum atomic E-state index is 13.4. The van der Waals surface area contributed by atoms with Gasteiger partial charge in [0.1, 0.15) is 0 Å². The fourth-order valence-corrected chi connectivity index (χ4v) is 1.93. The molecule has 0 radical (unpaired) electrons. The van der Waals surface area contributed by atoms with Gasteiger partial charge in [-0.25, -0.2) is 0 Å². The highest BCUT2D eigenvalue weighted by Crippen LogP contribution is 2.24. The molecule has 0 amide bonds. The number of nitrogens with one attached hydrogen (secondary N) is 1. The molecule has 1 aromatic carbocycles. The molecule has 0 aromatic heterocycles. The van der Waals surface area contributed by atoms with Gasteiger partial charge in [0.05, 0.1) is 10.5 Å². The zero-order valence-electron chi connectivity index (χ0n) is 9.40. The summed E-state index contributed by atoms with van der Waals surface area (Å²) in [6, 6.07) is 3.97. The van der Waals surface area contributed by atoms with E-state index in [0.717, 1.165) is 0 Å². The van der Waals surface area contributed by atoms with Gasteiger partial charge in [-0.2, -0.15) is 4.39 Å². The lowest BCUT2D eigenvalue weighted by atomic mass is 9.89. The Kier molecular flexibility index (Phi) is 3.08. The summed E-state index contributed by atoms with van der Waals surface area (Å²) < 4.78 is 18.8. The minimum atomic E-state index is -0.800. The molecule has 0 spiro atoms. The van der Waals surface area contributed by atoms with Crippen LogP contribution in [0.25, 0.3) is 0 Å². The van der Waals surface area contributed by atoms with Crippen LogP contribution in [0.2, 0.25) is 0 Å². The van der Waals surface area contributed by atoms with Gasteiger partial charge in [0.25, 0.3) is 0 Å². The zero-order valence-corrected chi connectivity index (χ0v) is 9.40. The number of ether oxygens (including phenoxy) is 1. The third kappa shape index (κ3) is 2.27. The molecule has 0 bridgehead atoms. The summed E-state index contributed by atoms with van der Waals surface area (Å²) >= 11 is 0. The van der Waals surface area contributed by atoms with Gasteiger partial charge < -0.3 is 10.1 Å². The fraction of sp³-hybridized carbons (Fsp3) is 0.455. The Morgan fingerprint density at radius 2 is 2.29 bits per heavy atom. The Morgan fingerprint density at radius 1 is 1.59 bits per heavy atom. The molecule has 0 unspecified atom stereocenters. The normalized spacial score (nSPS) is 17.5. The predicted molar refractivity (Wildman–Crippen MR) is 59.4 cm³/mol. The van der Waals surface area contributed by atoms with Crippen LogP contribution in [0.4, 0.5) is 10.1 Å². The van der Waals surface area contributed by atoms with E-state index in [2.05, 4.69) is 5.32 Å². The molecular weight excluding hydrogens is 227 g/mol. The first-order valence-electron chi connectivity index (χ1n) is 5.25. The standard InChI is InChI=1S/C11H13FN2O3/c1-17-11(6-13-7-11)5-8-2-3-10(14(15)16)9(12)4-8/h2-4,13H,5-7H2,1H3. The van der Waals surface area contributed by atoms with Crippen molar-refractivity contribution in [3.8, 4) is 0 Å². The van der Waals surface area contributed by atoms with E-state index in [1.54, 1.807) is 13.2 Å². The molecule has 1 aromatic rings. The number of nitro groups is 1. The molecular formula is C11H13FN2O3. The van der Waals surface area contributed by atoms with Crippen molar-refractivity contribution in [1.29, 1.82) is 0 Å². The van der Waals surface area contributed by atoms with Crippen molar-refractivity contribution in [2.75, 3.05) is 20.2 Å². The van der Waals surface area contributed by atoms with Crippen LogP contribution in [0.1, 0.15) is 5.56 Å². The summed E-state index contributed by atoms with van der Waals surface area (Å²) in [6.45, 7) is 1.42. The third-order valence-electron chi connectivity index (χ3n) is 3.06. The topological polar surface area (TPSA) is 64.4 Å². The van der Waals surface area contributed by atoms with Gasteiger partial charge in [-0.05, 0) is 11.6 Å². The second kappa shape index (κ2) is 4.38. The largest absolute Gasteiger partial charge is 0.375 e. The van der Waals surface area contributed by atoms with Gasteiger partial charge in [-0.15, -0.1) is 0 Å². The number of methoxy groups -OCH3 is 1. The van der Waals surface area contributed by atoms with Crippen LogP contribution in [0.5, 0.6) is 0 Å². The van der Waals surface area contributed by atoms with E-state index >= 15 is 0 Å². The molecule has 0 atom stereocenters. The van der Waals surface area contributed by atoms with Crippen LogP contribution >= 0.6 is 0 Å². The van der Waals surface area contributed by atoms with Crippen molar-refractivity contribution in [1.82, 2.24) is 5.32 Å². The fourth-order valence-electron chi connectivity index (χ4n) is 1.93. The Morgan fingerprint density at radius 3 is 2.71 bits per heavy atom. The molecule has 1 N–H and O–H groups in total. The van der Waals surface area contributed by atoms with Crippen LogP contribution in [0.15, 0.2) is 18.2 Å². The average molecular weight is 240 g/mol. The van der Waals surface area contributed by atoms with E-state index in [1.807, 2.05) is 0 Å². The Balaban J connectivity index is 2.17. The molecule has 1 aliphatic heterocycles. The summed E-state index contributed by atoms with van der Waals surface area (Å²) in [7, 11) is 1.61. The van der Waals surface area contributed by atoms with Gasteiger partial charge in [-0.1, -0.05) is 6.07 Å². The number of hydrogen-bond donors (Lipinski definition) is 1. The number of rotatable bonds is 4. The molecule has 1 fully saturated rings. The first-order valence-corrected chi connectivity index (χ1v) is 5.25. The van der Waals surface area contributed by atoms with Crippen molar-refractivity contribution in [2.45, 2.75) is 12.0 Å². The van der Waals surface area contributed by atoms with Crippen LogP contribution in [0, 0.1) is 15.9 Å². The third-order valence-corrected chi connectivity index (χ3v) is 3.06. The van der Waals surface area contributed by atoms with E-state index in [1.165, 1.54) is 12.1 Å². The minimum absolute atomic E-state index is 0.303. The molecule has 0 saturated carbocycles. The molecule has 92 valence electrons. The van der Waals surface area contributed by atoms with E-state index in [9.17, 15) is 14.5 Å². The maximum Gasteiger partial charge on any atom is 0.304 e. The lowest BCUT2D eigenvalue weighted by Gasteiger charge is -2.41. The quantitative estimate of drug-likeness (QED) is 0.635. The van der Waals surface area contributed by atoms with Crippen molar-refractivity contribution in [3.05, 3.63) is 39.7 Å². The Labute approximate surface area is 97.7 Å². The number of nitrogens with zero attached hydrogens (tertiary/aromatic N) is 1. The molecule has 6 heteroatoms. The SMILES string of the molecule is COC1(Cc2ccc([N+](=O)[O-])c(F)c2)CNC1. The summed E-state index contributed by atoms with van der Waals surface area (Å²) in [5, 5.41) is 13.6. The lowest BCUT2D eigenvalue weighted by Crippen LogP contribution is -2.61. The second-order valence-electron chi connectivity index (χ2n) is 4.21. The van der Waals surface area contributed by atoms with Crippen molar-refractivity contribution in [3.63, 3.8) is 0 Å². The van der Waals surface area contributed by atoms with Gasteiger partial charge in [0.15, 0.2) is 0 Å². The van der Waals surface area contributed by atoms with Gasteiger partial charge >= 0.3 is 5.69 Å². The number of nitro benzene ring substituents is 1. The van der Waals surface area contributed by atoms with Gasteiger partial charge in [-0.3, -0.25) is 10.1 Å². The smallest absolute Gasteiger partial charge is 0.304 e. The molecule has 1 heterocycles. The van der Waals surface area contributed by atoms with Gasteiger partial charge in [0, 0.05) is 32.7 Å². The molecule has 17 heavy (non-hydrogen) atoms. The van der Waals surface area contributed by atoms with Crippen LogP contribution in [-0.4, -0.2) is 30.7 Å². The Bertz CT molecular complexity index is 441. The van der Waals surface area contributed by atoms with Crippen molar-refractivity contribution < 1.29 is 14.1 Å². The highest BCUT2D eigenvalue weighted by Gasteiger charge is 2.37. The maximum absolute atomic E-state index is 13.4. The van der Waals surface area contributed by atoms with Crippen LogP contribution < -0.4 is 5.32 Å². The summed E-state index contributed by atoms with van der Waals surface area (Å²) in [4.78, 5) is 9.75. The number of hydrogen-bond acceptors (Lipinski definition) is 4. The van der Waals surface area contributed by atoms with Gasteiger partial charge in [0.2, 0.25) is 5.82 Å². The first kappa shape index (κ1) is 11.9. The first-order chi connectivity index (χ1) is 8.06.